The summed E-state index contributed by atoms with van der Waals surface area (Å²) in [6.07, 6.45) is 0. The molecular weight excluding hydrogens is 252 g/mol. The summed E-state index contributed by atoms with van der Waals surface area (Å²) >= 11 is 5.33. The first-order valence-corrected chi connectivity index (χ1v) is 6.15. The van der Waals surface area contributed by atoms with E-state index in [4.69, 9.17) is 11.6 Å². The highest BCUT2D eigenvalue weighted by molar-refractivity contribution is 6.27. The maximum absolute atomic E-state index is 11.8. The molecule has 18 heavy (non-hydrogen) atoms. The number of rotatable bonds is 4. The molecule has 0 radical (unpaired) electrons. The molecule has 1 rings (SSSR count). The minimum absolute atomic E-state index is 0.0466. The highest BCUT2D eigenvalue weighted by atomic mass is 35.5. The van der Waals surface area contributed by atoms with Crippen molar-refractivity contribution in [1.29, 1.82) is 0 Å². The number of anilines is 1. The molecule has 98 valence electrons. The normalized spacial score (nSPS) is 10.0. The molecule has 0 unspecified atom stereocenters. The predicted molar refractivity (Wildman–Crippen MR) is 73.1 cm³/mol. The Balaban J connectivity index is 2.68. The monoisotopic (exact) mass is 268 g/mol. The fraction of sp³-hybridized carbons (Fsp3) is 0.385. The molecular formula is C13H17ClN2O2. The quantitative estimate of drug-likeness (QED) is 0.844. The number of nitrogens with zero attached hydrogens (tertiary/aromatic N) is 1. The van der Waals surface area contributed by atoms with Crippen LogP contribution in [0.5, 0.6) is 0 Å². The average Bonchev–Trinajstić information content (AvgIpc) is 2.37. The van der Waals surface area contributed by atoms with E-state index >= 15 is 0 Å². The Kier molecular flexibility index (Phi) is 5.16. The molecule has 2 amide bonds. The summed E-state index contributed by atoms with van der Waals surface area (Å²) < 4.78 is 0. The minimum atomic E-state index is -0.349. The van der Waals surface area contributed by atoms with Gasteiger partial charge in [-0.15, -0.1) is 11.6 Å². The highest BCUT2D eigenvalue weighted by Crippen LogP contribution is 2.17. The van der Waals surface area contributed by atoms with Gasteiger partial charge in [-0.1, -0.05) is 6.07 Å². The maximum atomic E-state index is 11.8. The fourth-order valence-corrected chi connectivity index (χ4v) is 1.51. The number of hydrogen-bond acceptors (Lipinski definition) is 2. The Labute approximate surface area is 112 Å². The zero-order valence-corrected chi connectivity index (χ0v) is 11.5. The van der Waals surface area contributed by atoms with Crippen molar-refractivity contribution in [2.24, 2.45) is 0 Å². The van der Waals surface area contributed by atoms with E-state index in [2.05, 4.69) is 5.32 Å². The van der Waals surface area contributed by atoms with Gasteiger partial charge in [-0.05, 0) is 37.1 Å². The molecule has 1 aromatic carbocycles. The zero-order chi connectivity index (χ0) is 13.7. The van der Waals surface area contributed by atoms with E-state index in [0.717, 1.165) is 11.3 Å². The molecule has 5 heteroatoms. The van der Waals surface area contributed by atoms with Crippen LogP contribution in [0.2, 0.25) is 0 Å². The van der Waals surface area contributed by atoms with E-state index < -0.39 is 0 Å². The Bertz CT molecular complexity index is 460. The SMILES string of the molecule is Cc1ccc(N(C)C(=O)CNC(=O)CCl)cc1C. The molecule has 4 nitrogen and oxygen atoms in total. The molecule has 0 aliphatic carbocycles. The minimum Gasteiger partial charge on any atom is -0.346 e. The number of amides is 2. The molecule has 0 aliphatic heterocycles. The Morgan fingerprint density at radius 1 is 1.28 bits per heavy atom. The lowest BCUT2D eigenvalue weighted by molar-refractivity contribution is -0.123. The molecule has 0 bridgehead atoms. The van der Waals surface area contributed by atoms with E-state index in [1.807, 2.05) is 32.0 Å². The van der Waals surface area contributed by atoms with Gasteiger partial charge in [-0.25, -0.2) is 0 Å². The molecule has 0 saturated heterocycles. The lowest BCUT2D eigenvalue weighted by Gasteiger charge is -2.18. The summed E-state index contributed by atoms with van der Waals surface area (Å²) in [6, 6.07) is 5.78. The fourth-order valence-electron chi connectivity index (χ4n) is 1.42. The third-order valence-corrected chi connectivity index (χ3v) is 3.05. The van der Waals surface area contributed by atoms with Crippen molar-refractivity contribution in [3.8, 4) is 0 Å². The van der Waals surface area contributed by atoms with Crippen LogP contribution in [0.1, 0.15) is 11.1 Å². The molecule has 1 aromatic rings. The molecule has 0 fully saturated rings. The van der Waals surface area contributed by atoms with Gasteiger partial charge in [0.15, 0.2) is 0 Å². The van der Waals surface area contributed by atoms with Gasteiger partial charge in [0, 0.05) is 12.7 Å². The van der Waals surface area contributed by atoms with Crippen LogP contribution >= 0.6 is 11.6 Å². The van der Waals surface area contributed by atoms with Crippen molar-refractivity contribution in [2.75, 3.05) is 24.4 Å². The lowest BCUT2D eigenvalue weighted by Crippen LogP contribution is -2.38. The van der Waals surface area contributed by atoms with Crippen molar-refractivity contribution >= 4 is 29.1 Å². The molecule has 0 aliphatic rings. The summed E-state index contributed by atoms with van der Waals surface area (Å²) in [7, 11) is 1.68. The summed E-state index contributed by atoms with van der Waals surface area (Å²) in [4.78, 5) is 24.3. The average molecular weight is 269 g/mol. The van der Waals surface area contributed by atoms with Crippen molar-refractivity contribution in [3.05, 3.63) is 29.3 Å². The number of halogens is 1. The van der Waals surface area contributed by atoms with Crippen molar-refractivity contribution in [3.63, 3.8) is 0 Å². The van der Waals surface area contributed by atoms with Crippen LogP contribution in [0, 0.1) is 13.8 Å². The van der Waals surface area contributed by atoms with Gasteiger partial charge in [0.25, 0.3) is 0 Å². The highest BCUT2D eigenvalue weighted by Gasteiger charge is 2.12. The molecule has 0 spiro atoms. The van der Waals surface area contributed by atoms with E-state index in [-0.39, 0.29) is 24.2 Å². The smallest absolute Gasteiger partial charge is 0.246 e. The lowest BCUT2D eigenvalue weighted by atomic mass is 10.1. The van der Waals surface area contributed by atoms with Gasteiger partial charge in [0.2, 0.25) is 11.8 Å². The summed E-state index contributed by atoms with van der Waals surface area (Å²) in [6.45, 7) is 3.96. The Morgan fingerprint density at radius 2 is 1.94 bits per heavy atom. The number of benzene rings is 1. The van der Waals surface area contributed by atoms with Gasteiger partial charge < -0.3 is 10.2 Å². The van der Waals surface area contributed by atoms with E-state index in [9.17, 15) is 9.59 Å². The Morgan fingerprint density at radius 3 is 2.50 bits per heavy atom. The standard InChI is InChI=1S/C13H17ClN2O2/c1-9-4-5-11(6-10(9)2)16(3)13(18)8-15-12(17)7-14/h4-6H,7-8H2,1-3H3,(H,15,17). The largest absolute Gasteiger partial charge is 0.346 e. The number of carbonyl (C=O) groups is 2. The first-order valence-electron chi connectivity index (χ1n) is 5.62. The first kappa shape index (κ1) is 14.5. The van der Waals surface area contributed by atoms with Crippen LogP contribution in [0.15, 0.2) is 18.2 Å². The number of aryl methyl sites for hydroxylation is 2. The van der Waals surface area contributed by atoms with Crippen LogP contribution in [-0.2, 0) is 9.59 Å². The van der Waals surface area contributed by atoms with Crippen molar-refractivity contribution in [1.82, 2.24) is 5.32 Å². The van der Waals surface area contributed by atoms with Crippen molar-refractivity contribution < 1.29 is 9.59 Å². The molecule has 0 aromatic heterocycles. The second kappa shape index (κ2) is 6.40. The third-order valence-electron chi connectivity index (χ3n) is 2.81. The van der Waals surface area contributed by atoms with E-state index in [1.54, 1.807) is 7.05 Å². The van der Waals surface area contributed by atoms with Gasteiger partial charge in [0.05, 0.1) is 6.54 Å². The van der Waals surface area contributed by atoms with Crippen LogP contribution in [0.4, 0.5) is 5.69 Å². The van der Waals surface area contributed by atoms with Crippen LogP contribution in [0.25, 0.3) is 0 Å². The summed E-state index contributed by atoms with van der Waals surface area (Å²) in [5.41, 5.74) is 3.11. The van der Waals surface area contributed by atoms with Crippen molar-refractivity contribution in [2.45, 2.75) is 13.8 Å². The maximum Gasteiger partial charge on any atom is 0.246 e. The second-order valence-corrected chi connectivity index (χ2v) is 4.40. The number of nitrogens with one attached hydrogen (secondary N) is 1. The van der Waals surface area contributed by atoms with Crippen LogP contribution < -0.4 is 10.2 Å². The number of alkyl halides is 1. The van der Waals surface area contributed by atoms with Gasteiger partial charge in [0.1, 0.15) is 5.88 Å². The van der Waals surface area contributed by atoms with Gasteiger partial charge in [-0.2, -0.15) is 0 Å². The summed E-state index contributed by atoms with van der Waals surface area (Å²) in [5.74, 6) is -0.670. The van der Waals surface area contributed by atoms with Gasteiger partial charge in [-0.3, -0.25) is 9.59 Å². The Hall–Kier alpha value is -1.55. The number of carbonyl (C=O) groups excluding carboxylic acids is 2. The molecule has 0 atom stereocenters. The van der Waals surface area contributed by atoms with Gasteiger partial charge >= 0.3 is 0 Å². The zero-order valence-electron chi connectivity index (χ0n) is 10.8. The molecule has 0 heterocycles. The number of hydrogen-bond donors (Lipinski definition) is 1. The number of likely N-dealkylation sites (N-methyl/N-ethyl adjacent to an activating group) is 1. The van der Waals surface area contributed by atoms with Crippen LogP contribution in [0.3, 0.4) is 0 Å². The molecule has 0 saturated carbocycles. The second-order valence-electron chi connectivity index (χ2n) is 4.13. The first-order chi connectivity index (χ1) is 8.45. The van der Waals surface area contributed by atoms with E-state index in [0.29, 0.717) is 0 Å². The third kappa shape index (κ3) is 3.74. The predicted octanol–water partition coefficient (Wildman–Crippen LogP) is 1.62. The van der Waals surface area contributed by atoms with Crippen LogP contribution in [-0.4, -0.2) is 31.3 Å². The van der Waals surface area contributed by atoms with E-state index in [1.165, 1.54) is 10.5 Å². The summed E-state index contributed by atoms with van der Waals surface area (Å²) in [5, 5.41) is 2.45. The molecule has 1 N–H and O–H groups in total. The topological polar surface area (TPSA) is 49.4 Å².